The van der Waals surface area contributed by atoms with Gasteiger partial charge in [0.25, 0.3) is 5.69 Å². The first kappa shape index (κ1) is 12.9. The molecule has 0 amide bonds. The van der Waals surface area contributed by atoms with Crippen LogP contribution in [0.3, 0.4) is 0 Å². The lowest BCUT2D eigenvalue weighted by atomic mass is 10.1. The van der Waals surface area contributed by atoms with Crippen molar-refractivity contribution in [3.8, 4) is 5.75 Å². The molecule has 0 saturated carbocycles. The largest absolute Gasteiger partial charge is 0.508 e. The number of phenols is 1. The maximum atomic E-state index is 10.6. The Balaban J connectivity index is 1.90. The number of hydrogen-bond donors (Lipinski definition) is 2. The Labute approximate surface area is 110 Å². The van der Waals surface area contributed by atoms with Gasteiger partial charge in [-0.05, 0) is 30.2 Å². The Morgan fingerprint density at radius 1 is 1.16 bits per heavy atom. The van der Waals surface area contributed by atoms with Gasteiger partial charge < -0.3 is 10.4 Å². The van der Waals surface area contributed by atoms with E-state index in [-0.39, 0.29) is 11.4 Å². The highest BCUT2D eigenvalue weighted by atomic mass is 16.6. The van der Waals surface area contributed by atoms with Crippen molar-refractivity contribution < 1.29 is 10.0 Å². The summed E-state index contributed by atoms with van der Waals surface area (Å²) in [6.45, 7) is 0.673. The SMILES string of the molecule is O=[N+]([O-])c1cccc(NCCc2ccc(O)cc2)c1. The number of nitrogens with zero attached hydrogens (tertiary/aromatic N) is 1. The fourth-order valence-corrected chi connectivity index (χ4v) is 1.74. The van der Waals surface area contributed by atoms with Gasteiger partial charge in [-0.15, -0.1) is 0 Å². The summed E-state index contributed by atoms with van der Waals surface area (Å²) in [7, 11) is 0. The quantitative estimate of drug-likeness (QED) is 0.638. The summed E-state index contributed by atoms with van der Waals surface area (Å²) in [6.07, 6.45) is 0.781. The normalized spacial score (nSPS) is 10.1. The molecule has 2 aromatic rings. The molecule has 2 N–H and O–H groups in total. The summed E-state index contributed by atoms with van der Waals surface area (Å²) in [6, 6.07) is 13.4. The van der Waals surface area contributed by atoms with Crippen LogP contribution in [0.5, 0.6) is 5.75 Å². The average molecular weight is 258 g/mol. The van der Waals surface area contributed by atoms with Crippen LogP contribution < -0.4 is 5.32 Å². The van der Waals surface area contributed by atoms with Gasteiger partial charge in [-0.1, -0.05) is 18.2 Å². The van der Waals surface area contributed by atoms with Crippen LogP contribution in [0.25, 0.3) is 0 Å². The van der Waals surface area contributed by atoms with Crippen molar-refractivity contribution in [1.29, 1.82) is 0 Å². The van der Waals surface area contributed by atoms with Gasteiger partial charge in [0, 0.05) is 24.4 Å². The molecule has 19 heavy (non-hydrogen) atoms. The number of nitro benzene ring substituents is 1. The third-order valence-electron chi connectivity index (χ3n) is 2.74. The van der Waals surface area contributed by atoms with Crippen LogP contribution in [-0.4, -0.2) is 16.6 Å². The molecule has 0 unspecified atom stereocenters. The number of anilines is 1. The average Bonchev–Trinajstić information content (AvgIpc) is 2.41. The van der Waals surface area contributed by atoms with Crippen LogP contribution in [0, 0.1) is 10.1 Å². The monoisotopic (exact) mass is 258 g/mol. The zero-order chi connectivity index (χ0) is 13.7. The molecule has 0 spiro atoms. The molecule has 0 saturated heterocycles. The fourth-order valence-electron chi connectivity index (χ4n) is 1.74. The fraction of sp³-hybridized carbons (Fsp3) is 0.143. The van der Waals surface area contributed by atoms with Crippen molar-refractivity contribution in [3.05, 3.63) is 64.2 Å². The number of non-ortho nitro benzene ring substituents is 1. The van der Waals surface area contributed by atoms with Gasteiger partial charge in [-0.3, -0.25) is 10.1 Å². The van der Waals surface area contributed by atoms with Gasteiger partial charge in [0.05, 0.1) is 4.92 Å². The van der Waals surface area contributed by atoms with E-state index >= 15 is 0 Å². The third-order valence-corrected chi connectivity index (χ3v) is 2.74. The van der Waals surface area contributed by atoms with Crippen LogP contribution in [0.2, 0.25) is 0 Å². The molecule has 5 heteroatoms. The zero-order valence-electron chi connectivity index (χ0n) is 10.2. The van der Waals surface area contributed by atoms with Crippen LogP contribution >= 0.6 is 0 Å². The molecular formula is C14H14N2O3. The smallest absolute Gasteiger partial charge is 0.271 e. The Morgan fingerprint density at radius 3 is 2.58 bits per heavy atom. The lowest BCUT2D eigenvalue weighted by molar-refractivity contribution is -0.384. The van der Waals surface area contributed by atoms with Crippen molar-refractivity contribution in [1.82, 2.24) is 0 Å². The molecule has 0 atom stereocenters. The lowest BCUT2D eigenvalue weighted by Crippen LogP contribution is -2.04. The number of phenolic OH excluding ortho intramolecular Hbond substituents is 1. The number of nitro groups is 1. The van der Waals surface area contributed by atoms with Crippen molar-refractivity contribution in [2.75, 3.05) is 11.9 Å². The van der Waals surface area contributed by atoms with Crippen molar-refractivity contribution >= 4 is 11.4 Å². The molecule has 0 heterocycles. The molecule has 0 bridgehead atoms. The number of aromatic hydroxyl groups is 1. The molecule has 0 fully saturated rings. The van der Waals surface area contributed by atoms with Crippen molar-refractivity contribution in [2.24, 2.45) is 0 Å². The molecular weight excluding hydrogens is 244 g/mol. The second-order valence-electron chi connectivity index (χ2n) is 4.15. The van der Waals surface area contributed by atoms with E-state index in [0.717, 1.165) is 17.7 Å². The number of nitrogens with one attached hydrogen (secondary N) is 1. The summed E-state index contributed by atoms with van der Waals surface area (Å²) in [5.41, 5.74) is 1.90. The maximum Gasteiger partial charge on any atom is 0.271 e. The molecule has 0 radical (unpaired) electrons. The van der Waals surface area contributed by atoms with E-state index in [0.29, 0.717) is 6.54 Å². The van der Waals surface area contributed by atoms with Crippen LogP contribution in [-0.2, 0) is 6.42 Å². The van der Waals surface area contributed by atoms with Gasteiger partial charge >= 0.3 is 0 Å². The maximum absolute atomic E-state index is 10.6. The van der Waals surface area contributed by atoms with Gasteiger partial charge in [-0.25, -0.2) is 0 Å². The van der Waals surface area contributed by atoms with E-state index in [1.807, 2.05) is 12.1 Å². The molecule has 0 aliphatic heterocycles. The molecule has 5 nitrogen and oxygen atoms in total. The summed E-state index contributed by atoms with van der Waals surface area (Å²) in [5, 5.41) is 22.9. The Kier molecular flexibility index (Phi) is 3.97. The highest BCUT2D eigenvalue weighted by Crippen LogP contribution is 2.17. The van der Waals surface area contributed by atoms with Crippen LogP contribution in [0.4, 0.5) is 11.4 Å². The molecule has 98 valence electrons. The minimum absolute atomic E-state index is 0.0784. The second kappa shape index (κ2) is 5.86. The molecule has 2 rings (SSSR count). The summed E-state index contributed by atoms with van der Waals surface area (Å²) in [5.74, 6) is 0.246. The number of rotatable bonds is 5. The topological polar surface area (TPSA) is 75.4 Å². The van der Waals surface area contributed by atoms with Crippen LogP contribution in [0.15, 0.2) is 48.5 Å². The van der Waals surface area contributed by atoms with E-state index in [2.05, 4.69) is 5.32 Å². The molecule has 0 aliphatic carbocycles. The van der Waals surface area contributed by atoms with Crippen molar-refractivity contribution in [3.63, 3.8) is 0 Å². The minimum atomic E-state index is -0.412. The predicted molar refractivity (Wildman–Crippen MR) is 73.4 cm³/mol. The van der Waals surface area contributed by atoms with Crippen molar-refractivity contribution in [2.45, 2.75) is 6.42 Å². The van der Waals surface area contributed by atoms with E-state index in [4.69, 9.17) is 5.11 Å². The molecule has 2 aromatic carbocycles. The van der Waals surface area contributed by atoms with E-state index < -0.39 is 4.92 Å². The zero-order valence-corrected chi connectivity index (χ0v) is 10.2. The summed E-state index contributed by atoms with van der Waals surface area (Å²) < 4.78 is 0. The van der Waals surface area contributed by atoms with E-state index in [1.165, 1.54) is 12.1 Å². The number of benzene rings is 2. The predicted octanol–water partition coefficient (Wildman–Crippen LogP) is 2.96. The summed E-state index contributed by atoms with van der Waals surface area (Å²) >= 11 is 0. The Bertz CT molecular complexity index is 567. The standard InChI is InChI=1S/C14H14N2O3/c17-14-6-4-11(5-7-14)8-9-15-12-2-1-3-13(10-12)16(18)19/h1-7,10,15,17H,8-9H2. The van der Waals surface area contributed by atoms with Gasteiger partial charge in [0.15, 0.2) is 0 Å². The lowest BCUT2D eigenvalue weighted by Gasteiger charge is -2.06. The highest BCUT2D eigenvalue weighted by molar-refractivity contribution is 5.51. The molecule has 0 aliphatic rings. The van der Waals surface area contributed by atoms with E-state index in [9.17, 15) is 10.1 Å². The third kappa shape index (κ3) is 3.70. The molecule has 0 aromatic heterocycles. The highest BCUT2D eigenvalue weighted by Gasteiger charge is 2.04. The minimum Gasteiger partial charge on any atom is -0.508 e. The first-order valence-electron chi connectivity index (χ1n) is 5.91. The first-order chi connectivity index (χ1) is 9.15. The van der Waals surface area contributed by atoms with Gasteiger partial charge in [0.1, 0.15) is 5.75 Å². The Hall–Kier alpha value is -2.56. The summed E-state index contributed by atoms with van der Waals surface area (Å²) in [4.78, 5) is 10.2. The van der Waals surface area contributed by atoms with E-state index in [1.54, 1.807) is 24.3 Å². The second-order valence-corrected chi connectivity index (χ2v) is 4.15. The Morgan fingerprint density at radius 2 is 1.89 bits per heavy atom. The van der Waals surface area contributed by atoms with Gasteiger partial charge in [-0.2, -0.15) is 0 Å². The van der Waals surface area contributed by atoms with Crippen LogP contribution in [0.1, 0.15) is 5.56 Å². The number of hydrogen-bond acceptors (Lipinski definition) is 4. The first-order valence-corrected chi connectivity index (χ1v) is 5.91. The van der Waals surface area contributed by atoms with Gasteiger partial charge in [0.2, 0.25) is 0 Å².